The third-order valence-electron chi connectivity index (χ3n) is 3.19. The standard InChI is InChI=1S/C15H20N2O2/c1-2-19-13-10-6-9-12(16)14(13)15(18)17-11-7-4-3-5-8-11/h3-4,6,9-11H,2,5,7-8,16H2,1H3,(H,17,18). The Bertz CT molecular complexity index is 483. The Morgan fingerprint density at radius 1 is 1.47 bits per heavy atom. The van der Waals surface area contributed by atoms with Crippen LogP contribution in [0, 0.1) is 0 Å². The third kappa shape index (κ3) is 3.28. The van der Waals surface area contributed by atoms with Gasteiger partial charge in [0.05, 0.1) is 6.61 Å². The SMILES string of the molecule is CCOc1cccc(N)c1C(=O)NC1CC=CCC1. The van der Waals surface area contributed by atoms with Gasteiger partial charge in [-0.2, -0.15) is 0 Å². The number of nitrogens with one attached hydrogen (secondary N) is 1. The number of nitrogens with two attached hydrogens (primary N) is 1. The molecule has 0 saturated heterocycles. The fraction of sp³-hybridized carbons (Fsp3) is 0.400. The number of amides is 1. The van der Waals surface area contributed by atoms with Crippen LogP contribution in [0.3, 0.4) is 0 Å². The van der Waals surface area contributed by atoms with Gasteiger partial charge in [-0.05, 0) is 38.3 Å². The predicted octanol–water partition coefficient (Wildman–Crippen LogP) is 2.51. The van der Waals surface area contributed by atoms with Crippen LogP contribution in [-0.4, -0.2) is 18.6 Å². The van der Waals surface area contributed by atoms with Gasteiger partial charge in [-0.25, -0.2) is 0 Å². The Morgan fingerprint density at radius 2 is 2.32 bits per heavy atom. The Labute approximate surface area is 113 Å². The van der Waals surface area contributed by atoms with E-state index in [0.29, 0.717) is 23.6 Å². The summed E-state index contributed by atoms with van der Waals surface area (Å²) < 4.78 is 5.47. The molecule has 0 heterocycles. The molecule has 1 aromatic rings. The normalized spacial score (nSPS) is 18.1. The van der Waals surface area contributed by atoms with Crippen LogP contribution in [0.25, 0.3) is 0 Å². The number of hydrogen-bond acceptors (Lipinski definition) is 3. The number of ether oxygens (including phenoxy) is 1. The molecule has 1 aliphatic carbocycles. The van der Waals surface area contributed by atoms with Gasteiger partial charge in [-0.3, -0.25) is 4.79 Å². The Morgan fingerprint density at radius 3 is 3.00 bits per heavy atom. The number of rotatable bonds is 4. The Hall–Kier alpha value is -1.97. The van der Waals surface area contributed by atoms with Gasteiger partial charge >= 0.3 is 0 Å². The van der Waals surface area contributed by atoms with E-state index in [0.717, 1.165) is 19.3 Å². The highest BCUT2D eigenvalue weighted by Crippen LogP contribution is 2.25. The fourth-order valence-electron chi connectivity index (χ4n) is 2.25. The van der Waals surface area contributed by atoms with Crippen molar-refractivity contribution in [3.63, 3.8) is 0 Å². The van der Waals surface area contributed by atoms with Crippen molar-refractivity contribution in [1.82, 2.24) is 5.32 Å². The summed E-state index contributed by atoms with van der Waals surface area (Å²) in [5.74, 6) is 0.396. The largest absolute Gasteiger partial charge is 0.493 e. The molecule has 0 radical (unpaired) electrons. The Balaban J connectivity index is 2.15. The maximum absolute atomic E-state index is 12.3. The van der Waals surface area contributed by atoms with Crippen LogP contribution in [-0.2, 0) is 0 Å². The van der Waals surface area contributed by atoms with Gasteiger partial charge in [-0.1, -0.05) is 18.2 Å². The van der Waals surface area contributed by atoms with Crippen LogP contribution in [0.2, 0.25) is 0 Å². The summed E-state index contributed by atoms with van der Waals surface area (Å²) in [5, 5.41) is 3.02. The zero-order valence-electron chi connectivity index (χ0n) is 11.2. The molecule has 1 aromatic carbocycles. The molecule has 0 saturated carbocycles. The van der Waals surface area contributed by atoms with Gasteiger partial charge in [0, 0.05) is 11.7 Å². The summed E-state index contributed by atoms with van der Waals surface area (Å²) >= 11 is 0. The first kappa shape index (κ1) is 13.5. The van der Waals surface area contributed by atoms with E-state index in [9.17, 15) is 4.79 Å². The highest BCUT2D eigenvalue weighted by molar-refractivity contribution is 6.02. The summed E-state index contributed by atoms with van der Waals surface area (Å²) in [7, 11) is 0. The molecule has 0 bridgehead atoms. The van der Waals surface area contributed by atoms with E-state index >= 15 is 0 Å². The average Bonchev–Trinajstić information content (AvgIpc) is 2.40. The number of allylic oxidation sites excluding steroid dienone is 1. The second kappa shape index (κ2) is 6.27. The van der Waals surface area contributed by atoms with Crippen LogP contribution >= 0.6 is 0 Å². The van der Waals surface area contributed by atoms with Crippen molar-refractivity contribution < 1.29 is 9.53 Å². The fourth-order valence-corrected chi connectivity index (χ4v) is 2.25. The van der Waals surface area contributed by atoms with E-state index in [2.05, 4.69) is 17.5 Å². The van der Waals surface area contributed by atoms with Gasteiger partial charge in [-0.15, -0.1) is 0 Å². The molecule has 0 aromatic heterocycles. The van der Waals surface area contributed by atoms with Gasteiger partial charge in [0.1, 0.15) is 11.3 Å². The van der Waals surface area contributed by atoms with Crippen LogP contribution < -0.4 is 15.8 Å². The summed E-state index contributed by atoms with van der Waals surface area (Å²) in [4.78, 5) is 12.3. The van der Waals surface area contributed by atoms with E-state index in [1.807, 2.05) is 6.92 Å². The van der Waals surface area contributed by atoms with Gasteiger partial charge < -0.3 is 15.8 Å². The highest BCUT2D eigenvalue weighted by Gasteiger charge is 2.19. The minimum absolute atomic E-state index is 0.151. The van der Waals surface area contributed by atoms with Crippen molar-refractivity contribution in [1.29, 1.82) is 0 Å². The second-order valence-corrected chi connectivity index (χ2v) is 4.61. The maximum Gasteiger partial charge on any atom is 0.257 e. The number of anilines is 1. The first-order chi connectivity index (χ1) is 9.22. The smallest absolute Gasteiger partial charge is 0.257 e. The summed E-state index contributed by atoms with van der Waals surface area (Å²) in [6, 6.07) is 5.47. The van der Waals surface area contributed by atoms with Crippen LogP contribution in [0.4, 0.5) is 5.69 Å². The number of benzene rings is 1. The molecule has 1 atom stereocenters. The van der Waals surface area contributed by atoms with Crippen LogP contribution in [0.1, 0.15) is 36.5 Å². The lowest BCUT2D eigenvalue weighted by molar-refractivity contribution is 0.0932. The van der Waals surface area contributed by atoms with Gasteiger partial charge in [0.2, 0.25) is 0 Å². The molecule has 0 spiro atoms. The molecule has 0 aliphatic heterocycles. The number of hydrogen-bond donors (Lipinski definition) is 2. The van der Waals surface area contributed by atoms with E-state index in [1.165, 1.54) is 0 Å². The minimum atomic E-state index is -0.151. The van der Waals surface area contributed by atoms with Crippen LogP contribution in [0.5, 0.6) is 5.75 Å². The zero-order chi connectivity index (χ0) is 13.7. The lowest BCUT2D eigenvalue weighted by atomic mass is 10.0. The molecule has 1 amide bonds. The van der Waals surface area contributed by atoms with E-state index in [1.54, 1.807) is 18.2 Å². The predicted molar refractivity (Wildman–Crippen MR) is 76.3 cm³/mol. The second-order valence-electron chi connectivity index (χ2n) is 4.61. The molecule has 2 rings (SSSR count). The molecule has 4 nitrogen and oxygen atoms in total. The zero-order valence-corrected chi connectivity index (χ0v) is 11.2. The quantitative estimate of drug-likeness (QED) is 0.646. The van der Waals surface area contributed by atoms with Crippen molar-refractivity contribution in [2.45, 2.75) is 32.2 Å². The van der Waals surface area contributed by atoms with Crippen molar-refractivity contribution in [2.75, 3.05) is 12.3 Å². The Kier molecular flexibility index (Phi) is 4.44. The molecular formula is C15H20N2O2. The first-order valence-electron chi connectivity index (χ1n) is 6.69. The molecular weight excluding hydrogens is 240 g/mol. The van der Waals surface area contributed by atoms with Gasteiger partial charge in [0.15, 0.2) is 0 Å². The third-order valence-corrected chi connectivity index (χ3v) is 3.19. The van der Waals surface area contributed by atoms with E-state index < -0.39 is 0 Å². The summed E-state index contributed by atoms with van der Waals surface area (Å²) in [6.07, 6.45) is 7.10. The first-order valence-corrected chi connectivity index (χ1v) is 6.69. The average molecular weight is 260 g/mol. The molecule has 3 N–H and O–H groups in total. The topological polar surface area (TPSA) is 64.3 Å². The van der Waals surface area contributed by atoms with E-state index in [-0.39, 0.29) is 11.9 Å². The van der Waals surface area contributed by atoms with Crippen molar-refractivity contribution in [3.8, 4) is 5.75 Å². The number of carbonyl (C=O) groups is 1. The maximum atomic E-state index is 12.3. The lowest BCUT2D eigenvalue weighted by Gasteiger charge is -2.20. The minimum Gasteiger partial charge on any atom is -0.493 e. The van der Waals surface area contributed by atoms with Crippen molar-refractivity contribution in [3.05, 3.63) is 35.9 Å². The number of carbonyl (C=O) groups excluding carboxylic acids is 1. The molecule has 19 heavy (non-hydrogen) atoms. The van der Waals surface area contributed by atoms with Gasteiger partial charge in [0.25, 0.3) is 5.91 Å². The molecule has 4 heteroatoms. The highest BCUT2D eigenvalue weighted by atomic mass is 16.5. The molecule has 102 valence electrons. The molecule has 1 aliphatic rings. The van der Waals surface area contributed by atoms with Crippen molar-refractivity contribution >= 4 is 11.6 Å². The lowest BCUT2D eigenvalue weighted by Crippen LogP contribution is -2.35. The van der Waals surface area contributed by atoms with E-state index in [4.69, 9.17) is 10.5 Å². The van der Waals surface area contributed by atoms with Crippen LogP contribution in [0.15, 0.2) is 30.4 Å². The monoisotopic (exact) mass is 260 g/mol. The number of nitrogen functional groups attached to an aromatic ring is 1. The molecule has 0 fully saturated rings. The molecule has 1 unspecified atom stereocenters. The summed E-state index contributed by atoms with van der Waals surface area (Å²) in [5.41, 5.74) is 6.80. The van der Waals surface area contributed by atoms with Crippen molar-refractivity contribution in [2.24, 2.45) is 0 Å². The summed E-state index contributed by atoms with van der Waals surface area (Å²) in [6.45, 7) is 2.40.